The van der Waals surface area contributed by atoms with Crippen molar-refractivity contribution in [3.63, 3.8) is 0 Å². The largest absolute Gasteiger partial charge is 0.495 e. The lowest BCUT2D eigenvalue weighted by Crippen LogP contribution is -2.04. The van der Waals surface area contributed by atoms with Gasteiger partial charge in [-0.15, -0.1) is 0 Å². The van der Waals surface area contributed by atoms with Crippen LogP contribution in [0.3, 0.4) is 0 Å². The van der Waals surface area contributed by atoms with Crippen molar-refractivity contribution < 1.29 is 4.74 Å². The summed E-state index contributed by atoms with van der Waals surface area (Å²) in [7, 11) is 1.60. The molecule has 0 fully saturated rings. The van der Waals surface area contributed by atoms with Crippen LogP contribution in [0.1, 0.15) is 25.3 Å². The maximum absolute atomic E-state index is 6.37. The summed E-state index contributed by atoms with van der Waals surface area (Å²) in [6, 6.07) is 13.6. The summed E-state index contributed by atoms with van der Waals surface area (Å²) in [6.45, 7) is 8.17. The third-order valence-electron chi connectivity index (χ3n) is 4.59. The second-order valence-electron chi connectivity index (χ2n) is 7.24. The lowest BCUT2D eigenvalue weighted by molar-refractivity contribution is 0.417. The van der Waals surface area contributed by atoms with Crippen molar-refractivity contribution in [3.05, 3.63) is 83.1 Å². The molecule has 3 N–H and O–H groups in total. The molecule has 0 radical (unpaired) electrons. The molecule has 0 saturated carbocycles. The third-order valence-corrected chi connectivity index (χ3v) is 5.00. The number of anilines is 5. The summed E-state index contributed by atoms with van der Waals surface area (Å²) in [4.78, 5) is 8.88. The highest BCUT2D eigenvalue weighted by molar-refractivity contribution is 6.33. The Kier molecular flexibility index (Phi) is 7.98. The molecule has 0 atom stereocenters. The Bertz CT molecular complexity index is 1130. The molecule has 0 aliphatic heterocycles. The Morgan fingerprint density at radius 1 is 1.12 bits per heavy atom. The smallest absolute Gasteiger partial charge is 0.229 e. The molecule has 0 unspecified atom stereocenters. The summed E-state index contributed by atoms with van der Waals surface area (Å²) in [6.07, 6.45) is 3.22. The average molecular weight is 470 g/mol. The van der Waals surface area contributed by atoms with Gasteiger partial charge in [0.25, 0.3) is 0 Å². The van der Waals surface area contributed by atoms with Crippen molar-refractivity contribution in [3.8, 4) is 5.75 Å². The molecule has 3 rings (SSSR count). The second-order valence-corrected chi connectivity index (χ2v) is 7.90. The van der Waals surface area contributed by atoms with Gasteiger partial charge in [0.2, 0.25) is 5.95 Å². The van der Waals surface area contributed by atoms with Crippen molar-refractivity contribution in [2.45, 2.75) is 19.8 Å². The highest BCUT2D eigenvalue weighted by Crippen LogP contribution is 2.33. The van der Waals surface area contributed by atoms with Crippen LogP contribution >= 0.6 is 23.2 Å². The van der Waals surface area contributed by atoms with E-state index in [0.717, 1.165) is 11.4 Å². The Morgan fingerprint density at radius 2 is 1.91 bits per heavy atom. The van der Waals surface area contributed by atoms with E-state index in [9.17, 15) is 0 Å². The number of para-hydroxylation sites is 1. The van der Waals surface area contributed by atoms with Crippen LogP contribution in [0.5, 0.6) is 5.75 Å². The maximum Gasteiger partial charge on any atom is 0.229 e. The Hall–Kier alpha value is -3.22. The minimum Gasteiger partial charge on any atom is -0.495 e. The number of aromatic nitrogens is 2. The summed E-state index contributed by atoms with van der Waals surface area (Å²) in [5.41, 5.74) is 5.63. The second kappa shape index (κ2) is 10.9. The molecule has 0 spiro atoms. The summed E-state index contributed by atoms with van der Waals surface area (Å²) >= 11 is 12.0. The van der Waals surface area contributed by atoms with Gasteiger partial charge in [0, 0.05) is 22.6 Å². The van der Waals surface area contributed by atoms with Crippen LogP contribution in [-0.2, 0) is 0 Å². The number of hydrogen-bond acceptors (Lipinski definition) is 6. The van der Waals surface area contributed by atoms with E-state index in [-0.39, 0.29) is 0 Å². The number of hydrogen-bond donors (Lipinski definition) is 3. The van der Waals surface area contributed by atoms with Gasteiger partial charge in [-0.3, -0.25) is 0 Å². The van der Waals surface area contributed by atoms with Gasteiger partial charge in [0.15, 0.2) is 5.82 Å². The topological polar surface area (TPSA) is 71.1 Å². The first kappa shape index (κ1) is 23.4. The molecule has 1 heterocycles. The van der Waals surface area contributed by atoms with Crippen molar-refractivity contribution in [1.82, 2.24) is 9.97 Å². The minimum absolute atomic E-state index is 0.347. The molecular weight excluding hydrogens is 445 g/mol. The zero-order valence-electron chi connectivity index (χ0n) is 18.1. The summed E-state index contributed by atoms with van der Waals surface area (Å²) in [5, 5.41) is 10.1. The Labute approximate surface area is 198 Å². The lowest BCUT2D eigenvalue weighted by Gasteiger charge is -2.16. The average Bonchev–Trinajstić information content (AvgIpc) is 2.76. The fourth-order valence-electron chi connectivity index (χ4n) is 3.06. The highest BCUT2D eigenvalue weighted by Gasteiger charge is 2.12. The highest BCUT2D eigenvalue weighted by atomic mass is 35.5. The molecule has 6 nitrogen and oxygen atoms in total. The van der Waals surface area contributed by atoms with Crippen LogP contribution in [0, 0.1) is 0 Å². The van der Waals surface area contributed by atoms with Crippen LogP contribution in [0.25, 0.3) is 0 Å². The number of benzene rings is 2. The monoisotopic (exact) mass is 469 g/mol. The number of allylic oxidation sites excluding steroid dienone is 1. The Morgan fingerprint density at radius 3 is 2.62 bits per heavy atom. The van der Waals surface area contributed by atoms with Crippen LogP contribution in [0.4, 0.5) is 28.8 Å². The molecule has 32 heavy (non-hydrogen) atoms. The number of ether oxygens (including phenoxy) is 1. The summed E-state index contributed by atoms with van der Waals surface area (Å²) in [5.74, 6) is 1.85. The van der Waals surface area contributed by atoms with Crippen LogP contribution in [0.2, 0.25) is 5.02 Å². The zero-order chi connectivity index (χ0) is 23.1. The van der Waals surface area contributed by atoms with Gasteiger partial charge in [0.05, 0.1) is 19.0 Å². The van der Waals surface area contributed by atoms with Crippen LogP contribution in [-0.4, -0.2) is 17.1 Å². The van der Waals surface area contributed by atoms with Crippen molar-refractivity contribution in [2.75, 3.05) is 23.1 Å². The SMILES string of the molecule is C=C(/C=C/Cl)Nc1ccc(OC)c(Nc2ncc(Cl)c(Nc3ccccc3C(C)C)n2)c1. The fraction of sp³-hybridized carbons (Fsp3) is 0.167. The first-order valence-corrected chi connectivity index (χ1v) is 10.8. The van der Waals surface area contributed by atoms with Crippen molar-refractivity contribution in [2.24, 2.45) is 0 Å². The molecule has 8 heteroatoms. The third kappa shape index (κ3) is 5.93. The van der Waals surface area contributed by atoms with E-state index in [1.807, 2.05) is 36.4 Å². The molecule has 1 aromatic heterocycles. The van der Waals surface area contributed by atoms with E-state index >= 15 is 0 Å². The number of methoxy groups -OCH3 is 1. The van der Waals surface area contributed by atoms with Crippen molar-refractivity contribution >= 4 is 52.0 Å². The van der Waals surface area contributed by atoms with Gasteiger partial charge >= 0.3 is 0 Å². The molecule has 166 valence electrons. The first-order valence-electron chi connectivity index (χ1n) is 9.97. The van der Waals surface area contributed by atoms with E-state index in [0.29, 0.717) is 39.8 Å². The molecule has 0 bridgehead atoms. The molecular formula is C24H25Cl2N5O. The lowest BCUT2D eigenvalue weighted by atomic mass is 10.0. The van der Waals surface area contributed by atoms with E-state index in [2.05, 4.69) is 52.4 Å². The quantitative estimate of drug-likeness (QED) is 0.283. The van der Waals surface area contributed by atoms with E-state index in [4.69, 9.17) is 27.9 Å². The first-order chi connectivity index (χ1) is 15.4. The van der Waals surface area contributed by atoms with Gasteiger partial charge in [-0.1, -0.05) is 61.8 Å². The normalized spacial score (nSPS) is 10.9. The standard InChI is InChI=1S/C24H25Cl2N5O/c1-15(2)18-7-5-6-8-20(18)29-23-19(26)14-27-24(31-23)30-21-13-17(9-10-22(21)32-4)28-16(3)11-12-25/h5-15,28H,3H2,1-2,4H3,(H2,27,29,30,31)/b12-11+. The zero-order valence-corrected chi connectivity index (χ0v) is 19.6. The fourth-order valence-corrected chi connectivity index (χ4v) is 3.35. The van der Waals surface area contributed by atoms with Gasteiger partial charge in [-0.05, 0) is 41.8 Å². The minimum atomic E-state index is 0.347. The molecule has 0 aliphatic carbocycles. The van der Waals surface area contributed by atoms with Crippen LogP contribution in [0.15, 0.2) is 72.5 Å². The van der Waals surface area contributed by atoms with Gasteiger partial charge in [-0.2, -0.15) is 4.98 Å². The number of nitrogens with zero attached hydrogens (tertiary/aromatic N) is 2. The van der Waals surface area contributed by atoms with Gasteiger partial charge < -0.3 is 20.7 Å². The number of halogens is 2. The predicted molar refractivity (Wildman–Crippen MR) is 135 cm³/mol. The molecule has 0 aliphatic rings. The van der Waals surface area contributed by atoms with Crippen molar-refractivity contribution in [1.29, 1.82) is 0 Å². The van der Waals surface area contributed by atoms with Crippen LogP contribution < -0.4 is 20.7 Å². The summed E-state index contributed by atoms with van der Waals surface area (Å²) < 4.78 is 5.47. The van der Waals surface area contributed by atoms with E-state index in [1.165, 1.54) is 11.1 Å². The molecule has 2 aromatic carbocycles. The molecule has 0 saturated heterocycles. The Balaban J connectivity index is 1.88. The van der Waals surface area contributed by atoms with E-state index < -0.39 is 0 Å². The van der Waals surface area contributed by atoms with E-state index in [1.54, 1.807) is 19.4 Å². The molecule has 0 amide bonds. The van der Waals surface area contributed by atoms with Gasteiger partial charge in [-0.25, -0.2) is 4.98 Å². The molecule has 3 aromatic rings. The maximum atomic E-state index is 6.37. The predicted octanol–water partition coefficient (Wildman–Crippen LogP) is 7.43. The van der Waals surface area contributed by atoms with Gasteiger partial charge in [0.1, 0.15) is 10.8 Å². The number of nitrogens with one attached hydrogen (secondary N) is 3. The number of rotatable bonds is 9.